The quantitative estimate of drug-likeness (QED) is 0.414. The topological polar surface area (TPSA) is 69.7 Å². The highest BCUT2D eigenvalue weighted by Gasteiger charge is 2.21. The molecule has 0 bridgehead atoms. The summed E-state index contributed by atoms with van der Waals surface area (Å²) in [6.45, 7) is 2.79. The Morgan fingerprint density at radius 2 is 1.81 bits per heavy atom. The van der Waals surface area contributed by atoms with E-state index in [-0.39, 0.29) is 28.8 Å². The molecule has 0 aliphatic heterocycles. The lowest BCUT2D eigenvalue weighted by Gasteiger charge is -2.09. The molecule has 5 nitrogen and oxygen atoms in total. The van der Waals surface area contributed by atoms with E-state index in [0.717, 1.165) is 18.6 Å². The van der Waals surface area contributed by atoms with Crippen molar-refractivity contribution in [2.45, 2.75) is 18.2 Å². The fraction of sp³-hybridized carbons (Fsp3) is 0.417. The van der Waals surface area contributed by atoms with Gasteiger partial charge in [0.2, 0.25) is 0 Å². The summed E-state index contributed by atoms with van der Waals surface area (Å²) in [5, 5.41) is -0.193. The van der Waals surface area contributed by atoms with Crippen LogP contribution in [0.3, 0.4) is 0 Å². The van der Waals surface area contributed by atoms with Gasteiger partial charge in [0, 0.05) is 17.3 Å². The van der Waals surface area contributed by atoms with Crippen LogP contribution in [0.1, 0.15) is 23.7 Å². The zero-order valence-electron chi connectivity index (χ0n) is 11.1. The first-order valence-corrected chi connectivity index (χ1v) is 9.02. The highest BCUT2D eigenvalue weighted by molar-refractivity contribution is 8.13. The van der Waals surface area contributed by atoms with Crippen LogP contribution in [0.25, 0.3) is 0 Å². The van der Waals surface area contributed by atoms with Crippen LogP contribution in [0.2, 0.25) is 10.0 Å². The summed E-state index contributed by atoms with van der Waals surface area (Å²) in [5.41, 5.74) is -0.129. The lowest BCUT2D eigenvalue weighted by Crippen LogP contribution is -2.12. The van der Waals surface area contributed by atoms with Crippen molar-refractivity contribution >= 4 is 48.9 Å². The monoisotopic (exact) mass is 374 g/mol. The Bertz CT molecular complexity index is 616. The summed E-state index contributed by atoms with van der Waals surface area (Å²) in [4.78, 5) is 11.4. The van der Waals surface area contributed by atoms with Crippen LogP contribution in [0, 0.1) is 0 Å². The zero-order valence-corrected chi connectivity index (χ0v) is 14.2. The summed E-state index contributed by atoms with van der Waals surface area (Å²) in [5.74, 6) is -0.779. The van der Waals surface area contributed by atoms with Crippen LogP contribution in [-0.4, -0.2) is 34.2 Å². The van der Waals surface area contributed by atoms with E-state index in [9.17, 15) is 13.2 Å². The van der Waals surface area contributed by atoms with E-state index in [0.29, 0.717) is 6.61 Å². The third-order valence-electron chi connectivity index (χ3n) is 2.31. The van der Waals surface area contributed by atoms with Crippen molar-refractivity contribution in [1.29, 1.82) is 0 Å². The predicted molar refractivity (Wildman–Crippen MR) is 80.9 cm³/mol. The van der Waals surface area contributed by atoms with E-state index >= 15 is 0 Å². The Balaban J connectivity index is 2.85. The van der Waals surface area contributed by atoms with Crippen LogP contribution in [0.5, 0.6) is 0 Å². The summed E-state index contributed by atoms with van der Waals surface area (Å²) >= 11 is 11.6. The van der Waals surface area contributed by atoms with Crippen LogP contribution in [-0.2, 0) is 18.5 Å². The van der Waals surface area contributed by atoms with Crippen LogP contribution < -0.4 is 0 Å². The molecule has 0 radical (unpaired) electrons. The second-order valence-corrected chi connectivity index (χ2v) is 7.30. The van der Waals surface area contributed by atoms with Crippen molar-refractivity contribution in [2.24, 2.45) is 0 Å². The van der Waals surface area contributed by atoms with Crippen molar-refractivity contribution in [3.63, 3.8) is 0 Å². The van der Waals surface area contributed by atoms with Crippen LogP contribution >= 0.6 is 33.9 Å². The number of hydrogen-bond acceptors (Lipinski definition) is 5. The summed E-state index contributed by atoms with van der Waals surface area (Å²) in [6.07, 6.45) is 0.855. The number of hydrogen-bond donors (Lipinski definition) is 0. The Kier molecular flexibility index (Phi) is 7.23. The lowest BCUT2D eigenvalue weighted by molar-refractivity contribution is 0.0318. The van der Waals surface area contributed by atoms with Crippen LogP contribution in [0.4, 0.5) is 0 Å². The molecular weight excluding hydrogens is 363 g/mol. The molecule has 0 heterocycles. The number of ether oxygens (including phenoxy) is 2. The fourth-order valence-corrected chi connectivity index (χ4v) is 3.21. The molecule has 0 aromatic heterocycles. The Morgan fingerprint density at radius 1 is 1.14 bits per heavy atom. The van der Waals surface area contributed by atoms with E-state index in [1.54, 1.807) is 0 Å². The van der Waals surface area contributed by atoms with E-state index in [2.05, 4.69) is 0 Å². The Morgan fingerprint density at radius 3 is 2.38 bits per heavy atom. The van der Waals surface area contributed by atoms with Crippen molar-refractivity contribution < 1.29 is 22.7 Å². The molecule has 0 N–H and O–H groups in total. The van der Waals surface area contributed by atoms with Gasteiger partial charge in [0.1, 0.15) is 11.5 Å². The van der Waals surface area contributed by atoms with Gasteiger partial charge in [-0.25, -0.2) is 13.2 Å². The van der Waals surface area contributed by atoms with Gasteiger partial charge in [0.15, 0.2) is 0 Å². The smallest absolute Gasteiger partial charge is 0.339 e. The number of carbonyl (C=O) groups is 1. The second-order valence-electron chi connectivity index (χ2n) is 3.95. The van der Waals surface area contributed by atoms with Crippen molar-refractivity contribution in [1.82, 2.24) is 0 Å². The Hall–Kier alpha value is -0.530. The van der Waals surface area contributed by atoms with Crippen molar-refractivity contribution in [3.8, 4) is 0 Å². The molecule has 0 aliphatic rings. The maximum Gasteiger partial charge on any atom is 0.339 e. The van der Waals surface area contributed by atoms with Crippen LogP contribution in [0.15, 0.2) is 17.0 Å². The third kappa shape index (κ3) is 5.64. The van der Waals surface area contributed by atoms with Crippen molar-refractivity contribution in [2.75, 3.05) is 19.8 Å². The standard InChI is InChI=1S/C12H13Cl3O5S/c1-2-3-19-4-5-20-12(16)8-6-11(21(15,17)18)10(14)7-9(8)13/h6-7H,2-5H2,1H3. The molecular formula is C12H13Cl3O5S. The highest BCUT2D eigenvalue weighted by Crippen LogP contribution is 2.31. The first-order valence-electron chi connectivity index (χ1n) is 5.96. The Labute approximate surface area is 137 Å². The van der Waals surface area contributed by atoms with Gasteiger partial charge in [0.05, 0.1) is 22.2 Å². The van der Waals surface area contributed by atoms with E-state index in [1.165, 1.54) is 0 Å². The molecule has 1 aromatic carbocycles. The molecule has 0 amide bonds. The maximum absolute atomic E-state index is 11.8. The van der Waals surface area contributed by atoms with Gasteiger partial charge in [0.25, 0.3) is 9.05 Å². The second kappa shape index (κ2) is 8.19. The van der Waals surface area contributed by atoms with Crippen molar-refractivity contribution in [3.05, 3.63) is 27.7 Å². The summed E-state index contributed by atoms with van der Waals surface area (Å²) in [6, 6.07) is 2.12. The largest absolute Gasteiger partial charge is 0.460 e. The van der Waals surface area contributed by atoms with E-state index in [1.807, 2.05) is 6.92 Å². The van der Waals surface area contributed by atoms with Gasteiger partial charge in [-0.15, -0.1) is 0 Å². The minimum absolute atomic E-state index is 0.0245. The van der Waals surface area contributed by atoms with Gasteiger partial charge in [-0.05, 0) is 18.6 Å². The number of benzene rings is 1. The van der Waals surface area contributed by atoms with Gasteiger partial charge in [-0.1, -0.05) is 30.1 Å². The normalized spacial score (nSPS) is 11.4. The predicted octanol–water partition coefficient (Wildman–Crippen LogP) is 3.50. The van der Waals surface area contributed by atoms with E-state index < -0.39 is 19.9 Å². The number of carbonyl (C=O) groups excluding carboxylic acids is 1. The minimum atomic E-state index is -4.09. The maximum atomic E-state index is 11.8. The molecule has 1 aromatic rings. The average molecular weight is 376 g/mol. The molecule has 118 valence electrons. The minimum Gasteiger partial charge on any atom is -0.460 e. The number of halogens is 3. The van der Waals surface area contributed by atoms with Gasteiger partial charge < -0.3 is 9.47 Å². The lowest BCUT2D eigenvalue weighted by atomic mass is 10.2. The first-order chi connectivity index (χ1) is 9.77. The third-order valence-corrected chi connectivity index (χ3v) is 4.41. The summed E-state index contributed by atoms with van der Waals surface area (Å²) in [7, 11) is 1.14. The number of rotatable bonds is 7. The molecule has 0 atom stereocenters. The molecule has 0 fully saturated rings. The molecule has 0 spiro atoms. The van der Waals surface area contributed by atoms with E-state index in [4.69, 9.17) is 43.4 Å². The molecule has 1 rings (SSSR count). The SMILES string of the molecule is CCCOCCOC(=O)c1cc(S(=O)(=O)Cl)c(Cl)cc1Cl. The molecule has 9 heteroatoms. The average Bonchev–Trinajstić information content (AvgIpc) is 2.36. The first kappa shape index (κ1) is 18.5. The number of esters is 1. The molecule has 0 aliphatic carbocycles. The molecule has 0 saturated heterocycles. The molecule has 0 unspecified atom stereocenters. The molecule has 21 heavy (non-hydrogen) atoms. The van der Waals surface area contributed by atoms with Gasteiger partial charge >= 0.3 is 5.97 Å². The molecule has 0 saturated carbocycles. The summed E-state index contributed by atoms with van der Waals surface area (Å²) < 4.78 is 32.8. The van der Waals surface area contributed by atoms with Gasteiger partial charge in [-0.3, -0.25) is 0 Å². The highest BCUT2D eigenvalue weighted by atomic mass is 35.7. The van der Waals surface area contributed by atoms with Gasteiger partial charge in [-0.2, -0.15) is 0 Å². The zero-order chi connectivity index (χ0) is 16.0. The fourth-order valence-electron chi connectivity index (χ4n) is 1.39.